The van der Waals surface area contributed by atoms with E-state index in [9.17, 15) is 10.5 Å². The van der Waals surface area contributed by atoms with Crippen LogP contribution in [0.2, 0.25) is 0 Å². The molecule has 204 valence electrons. The van der Waals surface area contributed by atoms with Gasteiger partial charge in [0.2, 0.25) is 12.4 Å². The van der Waals surface area contributed by atoms with Crippen molar-refractivity contribution < 1.29 is 0 Å². The summed E-state index contributed by atoms with van der Waals surface area (Å²) >= 11 is 0. The normalized spacial score (nSPS) is 11.5. The molecule has 0 N–H and O–H groups in total. The summed E-state index contributed by atoms with van der Waals surface area (Å²) < 4.78 is 0. The van der Waals surface area contributed by atoms with Crippen molar-refractivity contribution in [3.8, 4) is 57.4 Å². The molecule has 7 rings (SSSR count). The molecule has 0 amide bonds. The largest absolute Gasteiger partial charge is 0.241 e. The van der Waals surface area contributed by atoms with Crippen molar-refractivity contribution in [1.29, 1.82) is 10.5 Å². The lowest BCUT2D eigenvalue weighted by Gasteiger charge is -2.23. The van der Waals surface area contributed by atoms with Gasteiger partial charge in [0.05, 0.1) is 22.8 Å². The Morgan fingerprint density at radius 2 is 0.568 bits per heavy atom. The Kier molecular flexibility index (Phi) is 6.76. The summed E-state index contributed by atoms with van der Waals surface area (Å²) in [6.07, 6.45) is 3.85. The summed E-state index contributed by atoms with van der Waals surface area (Å²) in [5, 5.41) is 19.7. The lowest BCUT2D eigenvalue weighted by atomic mass is 9.92. The Bertz CT molecular complexity index is 1870. The molecule has 2 heterocycles. The quantitative estimate of drug-likeness (QED) is 0.215. The maximum atomic E-state index is 9.86. The monoisotopic (exact) mass is 564 g/mol. The first kappa shape index (κ1) is 26.3. The van der Waals surface area contributed by atoms with E-state index in [1.165, 1.54) is 0 Å². The summed E-state index contributed by atoms with van der Waals surface area (Å²) in [4.78, 5) is 28.7. The maximum absolute atomic E-state index is 9.86. The molecule has 0 bridgehead atoms. The van der Waals surface area contributed by atoms with Crippen LogP contribution in [0.3, 0.4) is 0 Å². The fourth-order valence-electron chi connectivity index (χ4n) is 5.26. The number of rotatable bonds is 4. The van der Waals surface area contributed by atoms with Crippen molar-refractivity contribution in [2.75, 3.05) is 0 Å². The van der Waals surface area contributed by atoms with Crippen LogP contribution in [0, 0.1) is 22.9 Å². The molecule has 0 fully saturated rings. The van der Waals surface area contributed by atoms with Gasteiger partial charge >= 0.3 is 0 Å². The zero-order valence-corrected chi connectivity index (χ0v) is 23.1. The minimum Gasteiger partial charge on any atom is -0.241 e. The lowest BCUT2D eigenvalue weighted by Crippen LogP contribution is -2.29. The second-order valence-corrected chi connectivity index (χ2v) is 9.82. The number of aromatic nitrogens is 4. The van der Waals surface area contributed by atoms with Crippen molar-refractivity contribution in [2.45, 2.75) is 0 Å². The highest BCUT2D eigenvalue weighted by Crippen LogP contribution is 2.36. The smallest absolute Gasteiger partial charge is 0.206 e. The van der Waals surface area contributed by atoms with Gasteiger partial charge in [0, 0.05) is 22.3 Å². The molecule has 1 aliphatic rings. The van der Waals surface area contributed by atoms with Gasteiger partial charge in [-0.05, 0) is 0 Å². The van der Waals surface area contributed by atoms with Crippen LogP contribution in [-0.4, -0.2) is 31.4 Å². The topological polar surface area (TPSA) is 124 Å². The van der Waals surface area contributed by atoms with Gasteiger partial charge < -0.3 is 0 Å². The van der Waals surface area contributed by atoms with Crippen LogP contribution in [0.25, 0.3) is 45.0 Å². The van der Waals surface area contributed by atoms with Crippen LogP contribution in [0.4, 0.5) is 0 Å². The summed E-state index contributed by atoms with van der Waals surface area (Å²) in [6.45, 7) is 0. The Morgan fingerprint density at radius 3 is 0.773 bits per heavy atom. The molecule has 8 heteroatoms. The SMILES string of the molecule is N#CN=C1c2nc(-c3ccccc3)c(-c3ccccc3)nc2C(=NC#N)c2nc(-c3ccccc3)c(-c3ccccc3)nc21. The Morgan fingerprint density at radius 1 is 0.341 bits per heavy atom. The third-order valence-corrected chi connectivity index (χ3v) is 7.20. The molecule has 0 atom stereocenters. The molecule has 0 unspecified atom stereocenters. The summed E-state index contributed by atoms with van der Waals surface area (Å²) in [5.41, 5.74) is 7.32. The maximum Gasteiger partial charge on any atom is 0.206 e. The Hall–Kier alpha value is -6.64. The van der Waals surface area contributed by atoms with Gasteiger partial charge in [-0.1, -0.05) is 121 Å². The highest BCUT2D eigenvalue weighted by atomic mass is 15.0. The molecule has 0 aliphatic heterocycles. The number of aliphatic imine (C=N–C) groups is 2. The molecule has 44 heavy (non-hydrogen) atoms. The van der Waals surface area contributed by atoms with E-state index in [0.717, 1.165) is 22.3 Å². The minimum absolute atomic E-state index is 0.211. The third-order valence-electron chi connectivity index (χ3n) is 7.20. The van der Waals surface area contributed by atoms with E-state index in [2.05, 4.69) is 9.98 Å². The summed E-state index contributed by atoms with van der Waals surface area (Å²) in [6, 6.07) is 38.7. The summed E-state index contributed by atoms with van der Waals surface area (Å²) in [7, 11) is 0. The average molecular weight is 565 g/mol. The van der Waals surface area contributed by atoms with Crippen molar-refractivity contribution in [2.24, 2.45) is 9.98 Å². The van der Waals surface area contributed by atoms with Crippen molar-refractivity contribution >= 4 is 11.4 Å². The molecule has 8 nitrogen and oxygen atoms in total. The highest BCUT2D eigenvalue weighted by molar-refractivity contribution is 6.29. The molecule has 0 spiro atoms. The van der Waals surface area contributed by atoms with Crippen LogP contribution in [-0.2, 0) is 0 Å². The van der Waals surface area contributed by atoms with E-state index in [1.54, 1.807) is 0 Å². The zero-order valence-electron chi connectivity index (χ0n) is 23.1. The average Bonchev–Trinajstić information content (AvgIpc) is 3.10. The first-order valence-electron chi connectivity index (χ1n) is 13.8. The van der Waals surface area contributed by atoms with E-state index in [4.69, 9.17) is 19.9 Å². The second-order valence-electron chi connectivity index (χ2n) is 9.82. The molecular formula is C36H20N8. The van der Waals surface area contributed by atoms with E-state index < -0.39 is 0 Å². The summed E-state index contributed by atoms with van der Waals surface area (Å²) in [5.74, 6) is 0. The van der Waals surface area contributed by atoms with Crippen LogP contribution in [0.5, 0.6) is 0 Å². The molecule has 4 aromatic carbocycles. The predicted octanol–water partition coefficient (Wildman–Crippen LogP) is 6.88. The van der Waals surface area contributed by atoms with Crippen molar-refractivity contribution in [3.63, 3.8) is 0 Å². The van der Waals surface area contributed by atoms with Gasteiger partial charge in [-0.2, -0.15) is 20.5 Å². The first-order valence-corrected chi connectivity index (χ1v) is 13.8. The van der Waals surface area contributed by atoms with Crippen LogP contribution >= 0.6 is 0 Å². The van der Waals surface area contributed by atoms with E-state index in [-0.39, 0.29) is 11.4 Å². The third kappa shape index (κ3) is 4.59. The van der Waals surface area contributed by atoms with Gasteiger partial charge in [0.25, 0.3) is 0 Å². The molecule has 0 radical (unpaired) electrons. The molecule has 0 saturated carbocycles. The standard InChI is InChI=1S/C36H20N8/c37-21-39-31-33-34(42-28(24-15-7-2-8-16-24)27(41-33)23-13-5-1-6-14-23)32(40-22-38)36-35(31)43-29(25-17-9-3-10-18-25)30(44-36)26-19-11-4-12-20-26/h1-20H. The van der Waals surface area contributed by atoms with Gasteiger partial charge in [-0.15, -0.1) is 0 Å². The lowest BCUT2D eigenvalue weighted by molar-refractivity contribution is 1.10. The van der Waals surface area contributed by atoms with Gasteiger partial charge in [0.15, 0.2) is 0 Å². The van der Waals surface area contributed by atoms with Crippen LogP contribution < -0.4 is 0 Å². The fraction of sp³-hybridized carbons (Fsp3) is 0. The number of hydrogen-bond acceptors (Lipinski definition) is 8. The molecule has 2 aromatic heterocycles. The van der Waals surface area contributed by atoms with Crippen LogP contribution in [0.1, 0.15) is 22.8 Å². The number of fused-ring (bicyclic) bond motifs is 2. The highest BCUT2D eigenvalue weighted by Gasteiger charge is 2.35. The number of nitrogens with zero attached hydrogens (tertiary/aromatic N) is 8. The van der Waals surface area contributed by atoms with Gasteiger partial charge in [-0.3, -0.25) is 0 Å². The zero-order chi connectivity index (χ0) is 29.9. The van der Waals surface area contributed by atoms with Gasteiger partial charge in [0.1, 0.15) is 34.2 Å². The van der Waals surface area contributed by atoms with Crippen LogP contribution in [0.15, 0.2) is 131 Å². The van der Waals surface area contributed by atoms with E-state index in [1.807, 2.05) is 134 Å². The van der Waals surface area contributed by atoms with E-state index >= 15 is 0 Å². The Labute approximate surface area is 253 Å². The fourth-order valence-corrected chi connectivity index (χ4v) is 5.26. The molecule has 6 aromatic rings. The van der Waals surface area contributed by atoms with E-state index in [0.29, 0.717) is 45.6 Å². The molecule has 0 saturated heterocycles. The van der Waals surface area contributed by atoms with Crippen molar-refractivity contribution in [1.82, 2.24) is 19.9 Å². The number of benzene rings is 4. The van der Waals surface area contributed by atoms with Gasteiger partial charge in [-0.25, -0.2) is 19.9 Å². The minimum atomic E-state index is 0.211. The first-order chi connectivity index (χ1) is 21.8. The number of nitriles is 2. The number of hydrogen-bond donors (Lipinski definition) is 0. The molecule has 1 aliphatic carbocycles. The van der Waals surface area contributed by atoms with Crippen molar-refractivity contribution in [3.05, 3.63) is 144 Å². The molecular weight excluding hydrogens is 544 g/mol. The Balaban J connectivity index is 1.57. The second kappa shape index (κ2) is 11.3. The predicted molar refractivity (Wildman–Crippen MR) is 168 cm³/mol.